The lowest BCUT2D eigenvalue weighted by Gasteiger charge is -2.29. The third-order valence-electron chi connectivity index (χ3n) is 4.48. The number of rotatable bonds is 6. The van der Waals surface area contributed by atoms with Gasteiger partial charge in [0.05, 0.1) is 12.6 Å². The number of piperidine rings is 1. The van der Waals surface area contributed by atoms with E-state index < -0.39 is 0 Å². The molecule has 0 spiro atoms. The summed E-state index contributed by atoms with van der Waals surface area (Å²) in [6, 6.07) is 9.42. The van der Waals surface area contributed by atoms with E-state index in [0.29, 0.717) is 6.04 Å². The number of nitrogens with one attached hydrogen (secondary N) is 1. The van der Waals surface area contributed by atoms with Crippen molar-refractivity contribution >= 4 is 11.4 Å². The van der Waals surface area contributed by atoms with Crippen molar-refractivity contribution in [3.05, 3.63) is 24.3 Å². The van der Waals surface area contributed by atoms with Crippen molar-refractivity contribution < 1.29 is 4.74 Å². The maximum absolute atomic E-state index is 5.33. The normalized spacial score (nSPS) is 20.8. The van der Waals surface area contributed by atoms with Gasteiger partial charge in [0.2, 0.25) is 0 Å². The Balaban J connectivity index is 1.60. The van der Waals surface area contributed by atoms with Crippen LogP contribution < -0.4 is 10.2 Å². The number of hydrogen-bond donors (Lipinski definition) is 1. The molecule has 20 heavy (non-hydrogen) atoms. The standard InChI is InChI=1S/C17H26N2O/c1-20-13-17(14-5-6-14)18-15-7-9-16(10-8-15)19-11-3-2-4-12-19/h7-10,14,17-18H,2-6,11-13H2,1H3. The van der Waals surface area contributed by atoms with E-state index in [9.17, 15) is 0 Å². The Hall–Kier alpha value is -1.22. The highest BCUT2D eigenvalue weighted by molar-refractivity contribution is 5.55. The number of anilines is 2. The number of benzene rings is 1. The molecule has 3 nitrogen and oxygen atoms in total. The molecule has 3 rings (SSSR count). The van der Waals surface area contributed by atoms with E-state index in [-0.39, 0.29) is 0 Å². The molecule has 1 saturated heterocycles. The molecule has 0 amide bonds. The Morgan fingerprint density at radius 2 is 1.85 bits per heavy atom. The van der Waals surface area contributed by atoms with Crippen LogP contribution >= 0.6 is 0 Å². The van der Waals surface area contributed by atoms with Crippen LogP contribution in [-0.2, 0) is 4.74 Å². The van der Waals surface area contributed by atoms with E-state index >= 15 is 0 Å². The fraction of sp³-hybridized carbons (Fsp3) is 0.647. The summed E-state index contributed by atoms with van der Waals surface area (Å²) in [5.41, 5.74) is 2.59. The van der Waals surface area contributed by atoms with Gasteiger partial charge in [-0.2, -0.15) is 0 Å². The van der Waals surface area contributed by atoms with E-state index in [0.717, 1.165) is 12.5 Å². The topological polar surface area (TPSA) is 24.5 Å². The van der Waals surface area contributed by atoms with Crippen LogP contribution in [0.1, 0.15) is 32.1 Å². The second kappa shape index (κ2) is 6.49. The Bertz CT molecular complexity index is 408. The summed E-state index contributed by atoms with van der Waals surface area (Å²) in [6.45, 7) is 3.22. The zero-order valence-corrected chi connectivity index (χ0v) is 12.5. The van der Waals surface area contributed by atoms with E-state index in [2.05, 4.69) is 34.5 Å². The van der Waals surface area contributed by atoms with Crippen LogP contribution in [-0.4, -0.2) is 32.8 Å². The van der Waals surface area contributed by atoms with E-state index in [1.807, 2.05) is 0 Å². The molecule has 1 aromatic carbocycles. The Labute approximate surface area is 122 Å². The van der Waals surface area contributed by atoms with Gasteiger partial charge in [0.1, 0.15) is 0 Å². The molecule has 0 radical (unpaired) electrons. The zero-order valence-electron chi connectivity index (χ0n) is 12.5. The van der Waals surface area contributed by atoms with Gasteiger partial charge in [-0.3, -0.25) is 0 Å². The van der Waals surface area contributed by atoms with Gasteiger partial charge in [-0.25, -0.2) is 0 Å². The Kier molecular flexibility index (Phi) is 4.46. The summed E-state index contributed by atoms with van der Waals surface area (Å²) in [5, 5.41) is 3.63. The Morgan fingerprint density at radius 1 is 1.15 bits per heavy atom. The van der Waals surface area contributed by atoms with Crippen molar-refractivity contribution in [2.45, 2.75) is 38.1 Å². The van der Waals surface area contributed by atoms with Gasteiger partial charge in [0, 0.05) is 31.6 Å². The summed E-state index contributed by atoms with van der Waals surface area (Å²) in [6.07, 6.45) is 6.73. The molecule has 1 N–H and O–H groups in total. The lowest BCUT2D eigenvalue weighted by Crippen LogP contribution is -2.29. The predicted octanol–water partition coefficient (Wildman–Crippen LogP) is 3.51. The van der Waals surface area contributed by atoms with Crippen molar-refractivity contribution in [3.8, 4) is 0 Å². The molecule has 0 bridgehead atoms. The molecule has 1 saturated carbocycles. The molecule has 1 aliphatic carbocycles. The minimum atomic E-state index is 0.473. The second-order valence-electron chi connectivity index (χ2n) is 6.14. The maximum atomic E-state index is 5.33. The van der Waals surface area contributed by atoms with Crippen LogP contribution in [0.25, 0.3) is 0 Å². The fourth-order valence-electron chi connectivity index (χ4n) is 3.11. The highest BCUT2D eigenvalue weighted by Gasteiger charge is 2.31. The molecule has 1 atom stereocenters. The van der Waals surface area contributed by atoms with Crippen LogP contribution in [0.3, 0.4) is 0 Å². The van der Waals surface area contributed by atoms with Crippen molar-refractivity contribution in [1.29, 1.82) is 0 Å². The van der Waals surface area contributed by atoms with Gasteiger partial charge in [0.15, 0.2) is 0 Å². The van der Waals surface area contributed by atoms with Crippen LogP contribution in [0.15, 0.2) is 24.3 Å². The summed E-state index contributed by atoms with van der Waals surface area (Å²) in [5.74, 6) is 0.803. The quantitative estimate of drug-likeness (QED) is 0.859. The molecule has 0 aromatic heterocycles. The van der Waals surface area contributed by atoms with Gasteiger partial charge in [-0.1, -0.05) is 0 Å². The summed E-state index contributed by atoms with van der Waals surface area (Å²) < 4.78 is 5.33. The smallest absolute Gasteiger partial charge is 0.0666 e. The molecule has 1 unspecified atom stereocenters. The third-order valence-corrected chi connectivity index (χ3v) is 4.48. The van der Waals surface area contributed by atoms with Crippen molar-refractivity contribution in [3.63, 3.8) is 0 Å². The van der Waals surface area contributed by atoms with Gasteiger partial charge in [-0.15, -0.1) is 0 Å². The first-order valence-electron chi connectivity index (χ1n) is 7.97. The molecule has 110 valence electrons. The molecule has 1 heterocycles. The third kappa shape index (κ3) is 3.45. The number of ether oxygens (including phenoxy) is 1. The van der Waals surface area contributed by atoms with Gasteiger partial charge in [0.25, 0.3) is 0 Å². The SMILES string of the molecule is COCC(Nc1ccc(N2CCCCC2)cc1)C1CC1. The minimum absolute atomic E-state index is 0.473. The van der Waals surface area contributed by atoms with Crippen LogP contribution in [0.4, 0.5) is 11.4 Å². The molecule has 1 aromatic rings. The maximum Gasteiger partial charge on any atom is 0.0666 e. The second-order valence-corrected chi connectivity index (χ2v) is 6.14. The number of hydrogen-bond acceptors (Lipinski definition) is 3. The summed E-state index contributed by atoms with van der Waals surface area (Å²) in [4.78, 5) is 2.50. The van der Waals surface area contributed by atoms with Gasteiger partial charge in [-0.05, 0) is 62.3 Å². The first-order chi connectivity index (χ1) is 9.86. The first-order valence-corrected chi connectivity index (χ1v) is 7.97. The largest absolute Gasteiger partial charge is 0.383 e. The van der Waals surface area contributed by atoms with E-state index in [1.54, 1.807) is 7.11 Å². The molecule has 2 aliphatic rings. The van der Waals surface area contributed by atoms with E-state index in [4.69, 9.17) is 4.74 Å². The lowest BCUT2D eigenvalue weighted by molar-refractivity contribution is 0.179. The Morgan fingerprint density at radius 3 is 2.45 bits per heavy atom. The molecular weight excluding hydrogens is 248 g/mol. The number of nitrogens with zero attached hydrogens (tertiary/aromatic N) is 1. The van der Waals surface area contributed by atoms with Crippen LogP contribution in [0.5, 0.6) is 0 Å². The number of methoxy groups -OCH3 is 1. The monoisotopic (exact) mass is 274 g/mol. The molecule has 3 heteroatoms. The highest BCUT2D eigenvalue weighted by Crippen LogP contribution is 2.34. The van der Waals surface area contributed by atoms with Crippen molar-refractivity contribution in [2.24, 2.45) is 5.92 Å². The first kappa shape index (κ1) is 13.7. The fourth-order valence-corrected chi connectivity index (χ4v) is 3.11. The predicted molar refractivity (Wildman–Crippen MR) is 84.5 cm³/mol. The summed E-state index contributed by atoms with van der Waals surface area (Å²) in [7, 11) is 1.79. The average Bonchev–Trinajstić information content (AvgIpc) is 3.33. The van der Waals surface area contributed by atoms with Crippen molar-refractivity contribution in [2.75, 3.05) is 37.0 Å². The van der Waals surface area contributed by atoms with E-state index in [1.165, 1.54) is 56.6 Å². The minimum Gasteiger partial charge on any atom is -0.383 e. The summed E-state index contributed by atoms with van der Waals surface area (Å²) >= 11 is 0. The van der Waals surface area contributed by atoms with Crippen LogP contribution in [0.2, 0.25) is 0 Å². The molecular formula is C17H26N2O. The average molecular weight is 274 g/mol. The zero-order chi connectivity index (χ0) is 13.8. The van der Waals surface area contributed by atoms with Gasteiger partial charge >= 0.3 is 0 Å². The van der Waals surface area contributed by atoms with Gasteiger partial charge < -0.3 is 15.0 Å². The molecule has 1 aliphatic heterocycles. The van der Waals surface area contributed by atoms with Crippen LogP contribution in [0, 0.1) is 5.92 Å². The lowest BCUT2D eigenvalue weighted by atomic mass is 10.1. The highest BCUT2D eigenvalue weighted by atomic mass is 16.5. The van der Waals surface area contributed by atoms with Crippen molar-refractivity contribution in [1.82, 2.24) is 0 Å². The molecule has 2 fully saturated rings.